The van der Waals surface area contributed by atoms with Gasteiger partial charge >= 0.3 is 6.01 Å². The number of halogens is 1. The number of hydrogen-bond donors (Lipinski definition) is 0. The van der Waals surface area contributed by atoms with Gasteiger partial charge in [0.2, 0.25) is 11.7 Å². The standard InChI is InChI=1S/C31H36ClN5O4/c1-5-25(38)36-15-16-37(19(2)17-36)29-28-30(34-31(33-29)39-18-22-11-8-14-35(22)4)41-27(20(3)40-28)23-12-6-9-21-10-7-13-24(32)26(21)23/h5-7,9-10,12-13,19-20,22,27H,1,8,11,14-18H2,2-4H3/t19-,20-,22-,27?/m0/s1. The molecule has 2 aromatic carbocycles. The summed E-state index contributed by atoms with van der Waals surface area (Å²) in [5.41, 5.74) is 0.936. The summed E-state index contributed by atoms with van der Waals surface area (Å²) >= 11 is 6.67. The molecule has 1 unspecified atom stereocenters. The van der Waals surface area contributed by atoms with Gasteiger partial charge in [0.25, 0.3) is 5.88 Å². The van der Waals surface area contributed by atoms with Crippen LogP contribution in [0.4, 0.5) is 5.82 Å². The van der Waals surface area contributed by atoms with Crippen molar-refractivity contribution in [3.05, 3.63) is 59.6 Å². The molecule has 3 aliphatic heterocycles. The maximum atomic E-state index is 12.3. The van der Waals surface area contributed by atoms with Crippen LogP contribution in [0, 0.1) is 0 Å². The summed E-state index contributed by atoms with van der Waals surface area (Å²) in [5, 5.41) is 2.63. The van der Waals surface area contributed by atoms with Crippen LogP contribution in [-0.4, -0.2) is 83.7 Å². The van der Waals surface area contributed by atoms with E-state index in [1.807, 2.05) is 43.3 Å². The van der Waals surface area contributed by atoms with E-state index in [1.54, 1.807) is 4.90 Å². The molecule has 2 saturated heterocycles. The lowest BCUT2D eigenvalue weighted by molar-refractivity contribution is -0.126. The maximum Gasteiger partial charge on any atom is 0.322 e. The maximum absolute atomic E-state index is 12.3. The first kappa shape index (κ1) is 27.6. The Kier molecular flexibility index (Phi) is 7.66. The summed E-state index contributed by atoms with van der Waals surface area (Å²) < 4.78 is 19.4. The van der Waals surface area contributed by atoms with Gasteiger partial charge in [-0.15, -0.1) is 0 Å². The highest BCUT2D eigenvalue weighted by Gasteiger charge is 2.38. The first-order valence-electron chi connectivity index (χ1n) is 14.3. The number of carbonyl (C=O) groups excluding carboxylic acids is 1. The zero-order valence-corrected chi connectivity index (χ0v) is 24.5. The van der Waals surface area contributed by atoms with Crippen molar-refractivity contribution < 1.29 is 19.0 Å². The van der Waals surface area contributed by atoms with Crippen LogP contribution in [0.25, 0.3) is 10.8 Å². The zero-order valence-electron chi connectivity index (χ0n) is 23.8. The van der Waals surface area contributed by atoms with Crippen LogP contribution in [0.5, 0.6) is 17.6 Å². The third kappa shape index (κ3) is 5.28. The molecular weight excluding hydrogens is 542 g/mol. The topological polar surface area (TPSA) is 80.3 Å². The Labute approximate surface area is 245 Å². The smallest absolute Gasteiger partial charge is 0.322 e. The van der Waals surface area contributed by atoms with E-state index in [1.165, 1.54) is 6.08 Å². The van der Waals surface area contributed by atoms with E-state index >= 15 is 0 Å². The Morgan fingerprint density at radius 3 is 2.68 bits per heavy atom. The van der Waals surface area contributed by atoms with Gasteiger partial charge in [0, 0.05) is 47.7 Å². The Morgan fingerprint density at radius 1 is 1.15 bits per heavy atom. The molecule has 4 heterocycles. The first-order valence-corrected chi connectivity index (χ1v) is 14.7. The Morgan fingerprint density at radius 2 is 1.95 bits per heavy atom. The number of anilines is 1. The molecule has 4 atom stereocenters. The van der Waals surface area contributed by atoms with Crippen molar-refractivity contribution >= 4 is 34.1 Å². The molecule has 0 N–H and O–H groups in total. The SMILES string of the molecule is C=CC(=O)N1CCN(c2nc(OC[C@@H]3CCCN3C)nc3c2O[C@@H](C)C(c2cccc4cccc(Cl)c24)O3)[C@@H](C)C1. The number of likely N-dealkylation sites (N-methyl/N-ethyl adjacent to an activating group) is 1. The predicted octanol–water partition coefficient (Wildman–Crippen LogP) is 4.88. The van der Waals surface area contributed by atoms with E-state index in [9.17, 15) is 4.79 Å². The van der Waals surface area contributed by atoms with Crippen LogP contribution in [0.1, 0.15) is 38.4 Å². The number of likely N-dealkylation sites (tertiary alicyclic amines) is 1. The summed E-state index contributed by atoms with van der Waals surface area (Å²) in [7, 11) is 2.12. The molecule has 3 aliphatic rings. The number of carbonyl (C=O) groups is 1. The van der Waals surface area contributed by atoms with Crippen LogP contribution in [-0.2, 0) is 4.79 Å². The van der Waals surface area contributed by atoms with E-state index < -0.39 is 6.10 Å². The molecule has 1 amide bonds. The Balaban J connectivity index is 1.36. The van der Waals surface area contributed by atoms with Gasteiger partial charge in [-0.3, -0.25) is 4.79 Å². The number of ether oxygens (including phenoxy) is 3. The van der Waals surface area contributed by atoms with Crippen LogP contribution in [0.2, 0.25) is 5.02 Å². The molecule has 10 heteroatoms. The van der Waals surface area contributed by atoms with Crippen molar-refractivity contribution in [2.45, 2.75) is 51.0 Å². The summed E-state index contributed by atoms with van der Waals surface area (Å²) in [5.74, 6) is 1.37. The average molecular weight is 578 g/mol. The number of rotatable bonds is 6. The van der Waals surface area contributed by atoms with E-state index in [-0.39, 0.29) is 24.1 Å². The fourth-order valence-corrected chi connectivity index (χ4v) is 6.44. The number of benzene rings is 2. The fourth-order valence-electron chi connectivity index (χ4n) is 6.14. The second-order valence-electron chi connectivity index (χ2n) is 11.1. The van der Waals surface area contributed by atoms with Crippen LogP contribution >= 0.6 is 11.6 Å². The molecule has 0 spiro atoms. The fraction of sp³-hybridized carbons (Fsp3) is 0.452. The van der Waals surface area contributed by atoms with Crippen LogP contribution in [0.3, 0.4) is 0 Å². The van der Waals surface area contributed by atoms with Gasteiger partial charge < -0.3 is 28.9 Å². The molecule has 0 radical (unpaired) electrons. The van der Waals surface area contributed by atoms with Crippen molar-refractivity contribution in [2.75, 3.05) is 44.7 Å². The highest BCUT2D eigenvalue weighted by atomic mass is 35.5. The predicted molar refractivity (Wildman–Crippen MR) is 159 cm³/mol. The molecule has 3 aromatic rings. The van der Waals surface area contributed by atoms with Gasteiger partial charge in [-0.1, -0.05) is 48.5 Å². The second-order valence-corrected chi connectivity index (χ2v) is 11.5. The Hall–Kier alpha value is -3.56. The minimum absolute atomic E-state index is 0.0195. The summed E-state index contributed by atoms with van der Waals surface area (Å²) in [6, 6.07) is 12.5. The second kappa shape index (κ2) is 11.4. The lowest BCUT2D eigenvalue weighted by Gasteiger charge is -2.42. The zero-order chi connectivity index (χ0) is 28.7. The number of piperazine rings is 1. The minimum atomic E-state index is -0.442. The average Bonchev–Trinajstić information content (AvgIpc) is 3.39. The highest BCUT2D eigenvalue weighted by molar-refractivity contribution is 6.35. The van der Waals surface area contributed by atoms with E-state index in [0.717, 1.165) is 35.7 Å². The van der Waals surface area contributed by atoms with Gasteiger partial charge in [0.05, 0.1) is 0 Å². The van der Waals surface area contributed by atoms with Gasteiger partial charge in [-0.05, 0) is 57.8 Å². The Bertz CT molecular complexity index is 1460. The molecule has 0 bridgehead atoms. The van der Waals surface area contributed by atoms with E-state index in [2.05, 4.69) is 30.4 Å². The normalized spacial score (nSPS) is 24.5. The van der Waals surface area contributed by atoms with E-state index in [4.69, 9.17) is 35.8 Å². The summed E-state index contributed by atoms with van der Waals surface area (Å²) in [4.78, 5) is 28.1. The molecule has 0 aliphatic carbocycles. The van der Waals surface area contributed by atoms with Crippen molar-refractivity contribution in [3.63, 3.8) is 0 Å². The third-order valence-corrected chi connectivity index (χ3v) is 8.73. The number of nitrogens with zero attached hydrogens (tertiary/aromatic N) is 5. The lowest BCUT2D eigenvalue weighted by atomic mass is 9.97. The number of hydrogen-bond acceptors (Lipinski definition) is 8. The quantitative estimate of drug-likeness (QED) is 0.384. The van der Waals surface area contributed by atoms with Gasteiger partial charge in [-0.2, -0.15) is 9.97 Å². The van der Waals surface area contributed by atoms with Crippen molar-refractivity contribution in [1.82, 2.24) is 19.8 Å². The molecule has 6 rings (SSSR count). The molecule has 0 saturated carbocycles. The van der Waals surface area contributed by atoms with E-state index in [0.29, 0.717) is 54.8 Å². The molecule has 9 nitrogen and oxygen atoms in total. The van der Waals surface area contributed by atoms with Gasteiger partial charge in [-0.25, -0.2) is 0 Å². The number of fused-ring (bicyclic) bond motifs is 2. The monoisotopic (exact) mass is 577 g/mol. The van der Waals surface area contributed by atoms with Gasteiger partial charge in [0.1, 0.15) is 12.7 Å². The summed E-state index contributed by atoms with van der Waals surface area (Å²) in [6.07, 6.45) is 2.80. The molecule has 41 heavy (non-hydrogen) atoms. The van der Waals surface area contributed by atoms with Crippen molar-refractivity contribution in [1.29, 1.82) is 0 Å². The molecule has 216 valence electrons. The molecular formula is C31H36ClN5O4. The number of amides is 1. The van der Waals surface area contributed by atoms with Crippen LogP contribution in [0.15, 0.2) is 49.1 Å². The minimum Gasteiger partial charge on any atom is -0.478 e. The first-order chi connectivity index (χ1) is 19.8. The third-order valence-electron chi connectivity index (χ3n) is 8.42. The molecule has 2 fully saturated rings. The van der Waals surface area contributed by atoms with Crippen LogP contribution < -0.4 is 19.1 Å². The largest absolute Gasteiger partial charge is 0.478 e. The molecule has 1 aromatic heterocycles. The number of aromatic nitrogens is 2. The van der Waals surface area contributed by atoms with Crippen molar-refractivity contribution in [2.24, 2.45) is 0 Å². The van der Waals surface area contributed by atoms with Crippen molar-refractivity contribution in [3.8, 4) is 17.6 Å². The summed E-state index contributed by atoms with van der Waals surface area (Å²) in [6.45, 7) is 10.9. The lowest BCUT2D eigenvalue weighted by Crippen LogP contribution is -2.54. The van der Waals surface area contributed by atoms with Gasteiger partial charge in [0.15, 0.2) is 11.9 Å². The highest BCUT2D eigenvalue weighted by Crippen LogP contribution is 2.46.